The number of hydrogen-bond acceptors (Lipinski definition) is 3. The summed E-state index contributed by atoms with van der Waals surface area (Å²) >= 11 is 7.45. The molecule has 0 aliphatic heterocycles. The lowest BCUT2D eigenvalue weighted by atomic mass is 10.3. The lowest BCUT2D eigenvalue weighted by Crippen LogP contribution is -2.31. The molecule has 2 N–H and O–H groups in total. The van der Waals surface area contributed by atoms with E-state index >= 15 is 0 Å². The zero-order valence-corrected chi connectivity index (χ0v) is 14.0. The van der Waals surface area contributed by atoms with E-state index in [0.717, 1.165) is 9.21 Å². The van der Waals surface area contributed by atoms with Crippen LogP contribution in [0, 0.1) is 0 Å². The Hall–Kier alpha value is -1.46. The van der Waals surface area contributed by atoms with Gasteiger partial charge >= 0.3 is 0 Å². The molecule has 4 nitrogen and oxygen atoms in total. The van der Waals surface area contributed by atoms with Crippen molar-refractivity contribution >= 4 is 34.5 Å². The second kappa shape index (κ2) is 6.54. The van der Waals surface area contributed by atoms with Gasteiger partial charge in [0.15, 0.2) is 0 Å². The number of nitrogen functional groups attached to an aromatic ring is 1. The molecule has 6 heteroatoms. The van der Waals surface area contributed by atoms with Crippen molar-refractivity contribution < 1.29 is 4.79 Å². The highest BCUT2D eigenvalue weighted by molar-refractivity contribution is 7.16. The van der Waals surface area contributed by atoms with Gasteiger partial charge < -0.3 is 15.2 Å². The van der Waals surface area contributed by atoms with Crippen molar-refractivity contribution in [2.75, 3.05) is 12.3 Å². The molecule has 0 aliphatic carbocycles. The molecule has 0 aliphatic rings. The van der Waals surface area contributed by atoms with E-state index in [1.807, 2.05) is 43.7 Å². The van der Waals surface area contributed by atoms with Crippen LogP contribution in [-0.2, 0) is 6.54 Å². The van der Waals surface area contributed by atoms with Crippen LogP contribution in [0.4, 0.5) is 5.69 Å². The van der Waals surface area contributed by atoms with Crippen LogP contribution >= 0.6 is 22.9 Å². The number of aromatic nitrogens is 1. The van der Waals surface area contributed by atoms with E-state index in [1.54, 1.807) is 11.0 Å². The summed E-state index contributed by atoms with van der Waals surface area (Å²) in [5.41, 5.74) is 7.09. The van der Waals surface area contributed by atoms with Gasteiger partial charge in [-0.2, -0.15) is 0 Å². The van der Waals surface area contributed by atoms with E-state index in [-0.39, 0.29) is 11.9 Å². The highest BCUT2D eigenvalue weighted by Crippen LogP contribution is 2.24. The minimum atomic E-state index is -0.00702. The zero-order valence-electron chi connectivity index (χ0n) is 12.5. The lowest BCUT2D eigenvalue weighted by molar-refractivity contribution is 0.0741. The first-order valence-electron chi connectivity index (χ1n) is 6.93. The van der Waals surface area contributed by atoms with Gasteiger partial charge in [0.05, 0.1) is 16.6 Å². The van der Waals surface area contributed by atoms with Crippen molar-refractivity contribution in [3.8, 4) is 0 Å². The van der Waals surface area contributed by atoms with E-state index < -0.39 is 0 Å². The minimum Gasteiger partial charge on any atom is -0.397 e. The molecule has 0 bridgehead atoms. The van der Waals surface area contributed by atoms with Crippen LogP contribution in [-0.4, -0.2) is 21.9 Å². The van der Waals surface area contributed by atoms with Crippen LogP contribution in [0.5, 0.6) is 0 Å². The normalized spacial score (nSPS) is 11.1. The van der Waals surface area contributed by atoms with E-state index in [9.17, 15) is 4.79 Å². The quantitative estimate of drug-likeness (QED) is 0.902. The van der Waals surface area contributed by atoms with Crippen molar-refractivity contribution in [1.29, 1.82) is 0 Å². The SMILES string of the molecule is CCN(Cc1ccc(Cl)s1)C(=O)c1cc(N)cn1C(C)C. The smallest absolute Gasteiger partial charge is 0.270 e. The Balaban J connectivity index is 2.24. The molecule has 2 rings (SSSR count). The van der Waals surface area contributed by atoms with Gasteiger partial charge in [-0.1, -0.05) is 11.6 Å². The maximum absolute atomic E-state index is 12.7. The van der Waals surface area contributed by atoms with Gasteiger partial charge in [0.2, 0.25) is 0 Å². The number of carbonyl (C=O) groups excluding carboxylic acids is 1. The van der Waals surface area contributed by atoms with Crippen LogP contribution in [0.25, 0.3) is 0 Å². The fraction of sp³-hybridized carbons (Fsp3) is 0.400. The fourth-order valence-electron chi connectivity index (χ4n) is 2.21. The Morgan fingerprint density at radius 2 is 2.19 bits per heavy atom. The first-order valence-corrected chi connectivity index (χ1v) is 8.12. The Kier molecular flexibility index (Phi) is 4.96. The molecule has 2 aromatic rings. The zero-order chi connectivity index (χ0) is 15.6. The lowest BCUT2D eigenvalue weighted by Gasteiger charge is -2.22. The maximum Gasteiger partial charge on any atom is 0.270 e. The highest BCUT2D eigenvalue weighted by atomic mass is 35.5. The molecule has 0 spiro atoms. The van der Waals surface area contributed by atoms with Crippen molar-refractivity contribution in [3.63, 3.8) is 0 Å². The van der Waals surface area contributed by atoms with Gasteiger partial charge in [-0.05, 0) is 39.0 Å². The number of nitrogens with two attached hydrogens (primary N) is 1. The molecule has 2 heterocycles. The third-order valence-corrected chi connectivity index (χ3v) is 4.51. The fourth-order valence-corrected chi connectivity index (χ4v) is 3.32. The topological polar surface area (TPSA) is 51.3 Å². The molecule has 0 saturated heterocycles. The van der Waals surface area contributed by atoms with Gasteiger partial charge in [0, 0.05) is 23.7 Å². The summed E-state index contributed by atoms with van der Waals surface area (Å²) in [5, 5.41) is 0. The molecule has 1 amide bonds. The van der Waals surface area contributed by atoms with E-state index in [0.29, 0.717) is 24.5 Å². The molecule has 2 aromatic heterocycles. The molecule has 0 unspecified atom stereocenters. The van der Waals surface area contributed by atoms with Crippen LogP contribution in [0.1, 0.15) is 42.2 Å². The van der Waals surface area contributed by atoms with E-state index in [2.05, 4.69) is 0 Å². The summed E-state index contributed by atoms with van der Waals surface area (Å²) in [6, 6.07) is 5.75. The number of nitrogens with zero attached hydrogens (tertiary/aromatic N) is 2. The molecule has 0 aromatic carbocycles. The molecule has 21 heavy (non-hydrogen) atoms. The number of halogens is 1. The first kappa shape index (κ1) is 15.9. The minimum absolute atomic E-state index is 0.00702. The molecule has 0 saturated carbocycles. The largest absolute Gasteiger partial charge is 0.397 e. The summed E-state index contributed by atoms with van der Waals surface area (Å²) in [5.74, 6) is -0.00702. The Labute approximate surface area is 134 Å². The van der Waals surface area contributed by atoms with Gasteiger partial charge in [0.1, 0.15) is 5.69 Å². The molecular weight excluding hydrogens is 306 g/mol. The second-order valence-electron chi connectivity index (χ2n) is 5.18. The van der Waals surface area contributed by atoms with Crippen LogP contribution in [0.2, 0.25) is 4.34 Å². The summed E-state index contributed by atoms with van der Waals surface area (Å²) in [4.78, 5) is 15.6. The maximum atomic E-state index is 12.7. The summed E-state index contributed by atoms with van der Waals surface area (Å²) in [7, 11) is 0. The second-order valence-corrected chi connectivity index (χ2v) is 6.98. The van der Waals surface area contributed by atoms with Gasteiger partial charge in [-0.25, -0.2) is 0 Å². The summed E-state index contributed by atoms with van der Waals surface area (Å²) in [6.07, 6.45) is 1.81. The Bertz CT molecular complexity index is 633. The van der Waals surface area contributed by atoms with Crippen LogP contribution < -0.4 is 5.73 Å². The van der Waals surface area contributed by atoms with Gasteiger partial charge in [-0.15, -0.1) is 11.3 Å². The van der Waals surface area contributed by atoms with Crippen molar-refractivity contribution in [1.82, 2.24) is 9.47 Å². The molecule has 0 radical (unpaired) electrons. The van der Waals surface area contributed by atoms with Crippen molar-refractivity contribution in [2.45, 2.75) is 33.4 Å². The number of anilines is 1. The first-order chi connectivity index (χ1) is 9.92. The number of thiophene rings is 1. The average molecular weight is 326 g/mol. The molecule has 0 atom stereocenters. The third kappa shape index (κ3) is 3.60. The number of rotatable bonds is 5. The molecular formula is C15H20ClN3OS. The number of carbonyl (C=O) groups is 1. The number of amides is 1. The highest BCUT2D eigenvalue weighted by Gasteiger charge is 2.20. The predicted molar refractivity (Wildman–Crippen MR) is 89.0 cm³/mol. The van der Waals surface area contributed by atoms with E-state index in [1.165, 1.54) is 11.3 Å². The van der Waals surface area contributed by atoms with Crippen molar-refractivity contribution in [2.24, 2.45) is 0 Å². The Morgan fingerprint density at radius 1 is 1.48 bits per heavy atom. The van der Waals surface area contributed by atoms with E-state index in [4.69, 9.17) is 17.3 Å². The molecule has 0 fully saturated rings. The van der Waals surface area contributed by atoms with Crippen LogP contribution in [0.15, 0.2) is 24.4 Å². The Morgan fingerprint density at radius 3 is 2.71 bits per heavy atom. The standard InChI is InChI=1S/C15H20ClN3OS/c1-4-18(9-12-5-6-14(16)21-12)15(20)13-7-11(17)8-19(13)10(2)3/h5-8,10H,4,9,17H2,1-3H3. The summed E-state index contributed by atoms with van der Waals surface area (Å²) in [6.45, 7) is 7.24. The third-order valence-electron chi connectivity index (χ3n) is 3.29. The number of hydrogen-bond donors (Lipinski definition) is 1. The van der Waals surface area contributed by atoms with Crippen LogP contribution in [0.3, 0.4) is 0 Å². The predicted octanol–water partition coefficient (Wildman–Crippen LogP) is 4.03. The van der Waals surface area contributed by atoms with Gasteiger partial charge in [0.25, 0.3) is 5.91 Å². The van der Waals surface area contributed by atoms with Gasteiger partial charge in [-0.3, -0.25) is 4.79 Å². The van der Waals surface area contributed by atoms with Crippen molar-refractivity contribution in [3.05, 3.63) is 39.3 Å². The average Bonchev–Trinajstić information content (AvgIpc) is 3.01. The monoisotopic (exact) mass is 325 g/mol. The molecule has 114 valence electrons. The summed E-state index contributed by atoms with van der Waals surface area (Å²) < 4.78 is 2.66.